The summed E-state index contributed by atoms with van der Waals surface area (Å²) < 4.78 is 27.8. The number of halogens is 3. The number of aliphatic hydroxyl groups excluding tert-OH is 2. The Kier molecular flexibility index (Phi) is 7.16. The van der Waals surface area contributed by atoms with Crippen LogP contribution >= 0.6 is 23.2 Å². The summed E-state index contributed by atoms with van der Waals surface area (Å²) in [4.78, 5) is 17.6. The summed E-state index contributed by atoms with van der Waals surface area (Å²) in [6, 6.07) is 7.69. The minimum Gasteiger partial charge on any atom is -0.494 e. The van der Waals surface area contributed by atoms with Gasteiger partial charge in [-0.05, 0) is 37.3 Å². The number of aliphatic hydroxyl groups is 2. The number of hydrogen-bond donors (Lipinski definition) is 2. The molecular formula is C24H21Cl2FN6O5. The average molecular weight is 563 g/mol. The molecule has 198 valence electrons. The van der Waals surface area contributed by atoms with Crippen LogP contribution in [0.25, 0.3) is 16.9 Å². The first-order valence-electron chi connectivity index (χ1n) is 11.3. The van der Waals surface area contributed by atoms with Gasteiger partial charge in [-0.2, -0.15) is 5.10 Å². The molecule has 4 aromatic rings. The van der Waals surface area contributed by atoms with E-state index in [1.165, 1.54) is 30.1 Å². The molecule has 0 radical (unpaired) electrons. The average Bonchev–Trinajstić information content (AvgIpc) is 3.53. The van der Waals surface area contributed by atoms with E-state index in [0.717, 1.165) is 4.68 Å². The highest BCUT2D eigenvalue weighted by molar-refractivity contribution is 6.31. The lowest BCUT2D eigenvalue weighted by atomic mass is 9.93. The van der Waals surface area contributed by atoms with Gasteiger partial charge < -0.3 is 19.7 Å². The Morgan fingerprint density at radius 1 is 1.21 bits per heavy atom. The van der Waals surface area contributed by atoms with Crippen molar-refractivity contribution in [1.29, 1.82) is 0 Å². The quantitative estimate of drug-likeness (QED) is 0.363. The van der Waals surface area contributed by atoms with Gasteiger partial charge in [0.1, 0.15) is 53.1 Å². The lowest BCUT2D eigenvalue weighted by Crippen LogP contribution is -2.50. The van der Waals surface area contributed by atoms with Gasteiger partial charge in [0.2, 0.25) is 0 Å². The summed E-state index contributed by atoms with van der Waals surface area (Å²) in [5.41, 5.74) is 1.03. The Labute approximate surface area is 225 Å². The second-order valence-corrected chi connectivity index (χ2v) is 9.37. The molecule has 1 saturated heterocycles. The van der Waals surface area contributed by atoms with Crippen LogP contribution < -0.4 is 4.74 Å². The third-order valence-electron chi connectivity index (χ3n) is 6.09. The van der Waals surface area contributed by atoms with E-state index in [-0.39, 0.29) is 16.5 Å². The van der Waals surface area contributed by atoms with Crippen LogP contribution in [0.5, 0.6) is 5.75 Å². The Hall–Kier alpha value is -3.42. The van der Waals surface area contributed by atoms with Crippen molar-refractivity contribution in [2.45, 2.75) is 31.3 Å². The number of aryl methyl sites for hydroxylation is 1. The maximum atomic E-state index is 14.0. The predicted molar refractivity (Wildman–Crippen MR) is 133 cm³/mol. The number of ketones is 1. The molecule has 4 atom stereocenters. The van der Waals surface area contributed by atoms with E-state index < -0.39 is 42.6 Å². The van der Waals surface area contributed by atoms with Gasteiger partial charge in [-0.1, -0.05) is 34.5 Å². The third-order valence-corrected chi connectivity index (χ3v) is 6.63. The molecule has 11 nitrogen and oxygen atoms in total. The molecule has 1 fully saturated rings. The van der Waals surface area contributed by atoms with Gasteiger partial charge in [-0.15, -0.1) is 5.10 Å². The summed E-state index contributed by atoms with van der Waals surface area (Å²) in [6.07, 6.45) is -2.66. The highest BCUT2D eigenvalue weighted by Crippen LogP contribution is 2.38. The number of carbonyl (C=O) groups excluding carboxylic acids is 1. The van der Waals surface area contributed by atoms with Gasteiger partial charge in [0.15, 0.2) is 11.6 Å². The second kappa shape index (κ2) is 10.4. The van der Waals surface area contributed by atoms with Crippen molar-refractivity contribution in [3.63, 3.8) is 0 Å². The molecule has 0 aliphatic carbocycles. The summed E-state index contributed by atoms with van der Waals surface area (Å²) >= 11 is 12.0. The van der Waals surface area contributed by atoms with Crippen LogP contribution in [0.3, 0.4) is 0 Å². The van der Waals surface area contributed by atoms with E-state index in [4.69, 9.17) is 32.7 Å². The molecule has 0 amide bonds. The van der Waals surface area contributed by atoms with E-state index in [9.17, 15) is 19.4 Å². The van der Waals surface area contributed by atoms with E-state index in [1.54, 1.807) is 31.2 Å². The number of benzene rings is 2. The van der Waals surface area contributed by atoms with Crippen LogP contribution in [0.4, 0.5) is 4.39 Å². The van der Waals surface area contributed by atoms with Crippen LogP contribution in [0, 0.1) is 12.7 Å². The molecule has 0 unspecified atom stereocenters. The van der Waals surface area contributed by atoms with Crippen molar-refractivity contribution in [1.82, 2.24) is 29.8 Å². The van der Waals surface area contributed by atoms with Crippen molar-refractivity contribution >= 4 is 29.0 Å². The molecule has 3 heterocycles. The summed E-state index contributed by atoms with van der Waals surface area (Å²) in [5, 5.41) is 34.1. The monoisotopic (exact) mass is 562 g/mol. The zero-order chi connectivity index (χ0) is 27.1. The Morgan fingerprint density at radius 2 is 2.00 bits per heavy atom. The first-order valence-corrected chi connectivity index (χ1v) is 12.1. The molecule has 14 heteroatoms. The lowest BCUT2D eigenvalue weighted by Gasteiger charge is -2.37. The maximum Gasteiger partial charge on any atom is 0.191 e. The molecule has 1 aliphatic heterocycles. The maximum absolute atomic E-state index is 14.0. The number of Topliss-reactive ketones (excluding diaryl/α,β-unsaturated/α-hetero) is 1. The van der Waals surface area contributed by atoms with Crippen LogP contribution in [0.1, 0.15) is 23.8 Å². The van der Waals surface area contributed by atoms with Crippen LogP contribution in [-0.2, 0) is 9.53 Å². The Bertz CT molecular complexity index is 1510. The van der Waals surface area contributed by atoms with Crippen molar-refractivity contribution in [2.75, 3.05) is 13.7 Å². The van der Waals surface area contributed by atoms with Gasteiger partial charge in [-0.25, -0.2) is 18.7 Å². The van der Waals surface area contributed by atoms with E-state index in [0.29, 0.717) is 27.8 Å². The van der Waals surface area contributed by atoms with Gasteiger partial charge in [0.25, 0.3) is 0 Å². The summed E-state index contributed by atoms with van der Waals surface area (Å²) in [7, 11) is 1.48. The fourth-order valence-electron chi connectivity index (χ4n) is 4.30. The number of rotatable bonds is 6. The topological polar surface area (TPSA) is 137 Å². The Balaban J connectivity index is 1.56. The van der Waals surface area contributed by atoms with Gasteiger partial charge in [0, 0.05) is 10.6 Å². The lowest BCUT2D eigenvalue weighted by molar-refractivity contribution is -0.177. The molecule has 2 aromatic heterocycles. The second-order valence-electron chi connectivity index (χ2n) is 8.52. The standard InChI is InChI=1S/C24H21Cl2FN6O5/c1-11-28-24(33(30-11)17-8-13(25)4-6-18(17)37-2)23-22(36)20(21(35)19(10-34)38-23)32-9-16(29-31-32)12-3-5-14(26)15(27)7-12/h3-9,19-20,22-23,34,36H,10H2,1-2H3/t19-,20+,22-,23-/m1/s1. The van der Waals surface area contributed by atoms with Crippen molar-refractivity contribution in [2.24, 2.45) is 0 Å². The largest absolute Gasteiger partial charge is 0.494 e. The third kappa shape index (κ3) is 4.65. The number of nitrogens with zero attached hydrogens (tertiary/aromatic N) is 6. The van der Waals surface area contributed by atoms with Gasteiger partial charge in [0.05, 0.1) is 24.9 Å². The SMILES string of the molecule is COc1ccc(Cl)cc1-n1nc(C)nc1[C@@H]1O[C@H](CO)C(=O)[C@H](n2cc(-c3ccc(Cl)c(F)c3)nn2)[C@H]1O. The fourth-order valence-corrected chi connectivity index (χ4v) is 4.59. The fraction of sp³-hybridized carbons (Fsp3) is 0.292. The van der Waals surface area contributed by atoms with Gasteiger partial charge in [-0.3, -0.25) is 4.79 Å². The molecule has 0 spiro atoms. The van der Waals surface area contributed by atoms with E-state index >= 15 is 0 Å². The van der Waals surface area contributed by atoms with Crippen LogP contribution in [-0.4, -0.2) is 71.7 Å². The highest BCUT2D eigenvalue weighted by atomic mass is 35.5. The Morgan fingerprint density at radius 3 is 2.71 bits per heavy atom. The molecule has 0 bridgehead atoms. The minimum atomic E-state index is -1.52. The first-order chi connectivity index (χ1) is 18.2. The molecule has 38 heavy (non-hydrogen) atoms. The van der Waals surface area contributed by atoms with Crippen LogP contribution in [0.2, 0.25) is 10.0 Å². The predicted octanol–water partition coefficient (Wildman–Crippen LogP) is 2.89. The summed E-state index contributed by atoms with van der Waals surface area (Å²) in [5.74, 6) is -0.356. The summed E-state index contributed by atoms with van der Waals surface area (Å²) in [6.45, 7) is 0.990. The number of aromatic nitrogens is 6. The van der Waals surface area contributed by atoms with E-state index in [1.807, 2.05) is 0 Å². The van der Waals surface area contributed by atoms with Crippen molar-refractivity contribution in [3.8, 4) is 22.7 Å². The number of carbonyl (C=O) groups is 1. The smallest absolute Gasteiger partial charge is 0.191 e. The van der Waals surface area contributed by atoms with Gasteiger partial charge >= 0.3 is 0 Å². The zero-order valence-corrected chi connectivity index (χ0v) is 21.5. The first kappa shape index (κ1) is 26.2. The van der Waals surface area contributed by atoms with E-state index in [2.05, 4.69) is 20.4 Å². The number of ether oxygens (including phenoxy) is 2. The highest BCUT2D eigenvalue weighted by Gasteiger charge is 2.48. The van der Waals surface area contributed by atoms with Crippen molar-refractivity contribution < 1.29 is 28.9 Å². The molecule has 0 saturated carbocycles. The number of methoxy groups -OCH3 is 1. The normalized spacial score (nSPS) is 21.6. The molecule has 2 aromatic carbocycles. The molecular weight excluding hydrogens is 542 g/mol. The molecule has 2 N–H and O–H groups in total. The van der Waals surface area contributed by atoms with Crippen LogP contribution in [0.15, 0.2) is 42.6 Å². The zero-order valence-electron chi connectivity index (χ0n) is 20.0. The molecule has 5 rings (SSSR count). The van der Waals surface area contributed by atoms with Crippen molar-refractivity contribution in [3.05, 3.63) is 70.1 Å². The molecule has 1 aliphatic rings. The number of hydrogen-bond acceptors (Lipinski definition) is 9. The minimum absolute atomic E-state index is 0.0551.